The summed E-state index contributed by atoms with van der Waals surface area (Å²) >= 11 is 0. The minimum absolute atomic E-state index is 0.1000. The van der Waals surface area contributed by atoms with E-state index in [4.69, 9.17) is 4.74 Å². The number of aromatic nitrogens is 3. The van der Waals surface area contributed by atoms with Crippen LogP contribution in [0.1, 0.15) is 26.1 Å². The summed E-state index contributed by atoms with van der Waals surface area (Å²) in [6.45, 7) is 4.21. The van der Waals surface area contributed by atoms with E-state index in [1.54, 1.807) is 14.0 Å². The van der Waals surface area contributed by atoms with Crippen molar-refractivity contribution in [2.45, 2.75) is 32.3 Å². The molecule has 16 heavy (non-hydrogen) atoms. The molecule has 0 aliphatic carbocycles. The van der Waals surface area contributed by atoms with Crippen LogP contribution < -0.4 is 5.32 Å². The van der Waals surface area contributed by atoms with Gasteiger partial charge in [-0.15, -0.1) is 0 Å². The number of carbonyl (C=O) groups excluding carboxylic acids is 1. The molecule has 1 atom stereocenters. The van der Waals surface area contributed by atoms with E-state index < -0.39 is 5.60 Å². The molecule has 2 N–H and O–H groups in total. The Labute approximate surface area is 94.8 Å². The Morgan fingerprint density at radius 1 is 1.69 bits per heavy atom. The molecule has 6 heteroatoms. The van der Waals surface area contributed by atoms with Crippen LogP contribution in [0, 0.1) is 0 Å². The number of hydrogen-bond donors (Lipinski definition) is 2. The van der Waals surface area contributed by atoms with Gasteiger partial charge in [0.15, 0.2) is 0 Å². The van der Waals surface area contributed by atoms with Crippen LogP contribution in [0.15, 0.2) is 6.33 Å². The number of nitrogens with one attached hydrogen (secondary N) is 2. The van der Waals surface area contributed by atoms with Crippen molar-refractivity contribution in [1.29, 1.82) is 0 Å². The molecule has 0 spiro atoms. The van der Waals surface area contributed by atoms with Crippen LogP contribution in [-0.2, 0) is 16.0 Å². The van der Waals surface area contributed by atoms with Crippen molar-refractivity contribution < 1.29 is 9.53 Å². The second kappa shape index (κ2) is 5.60. The molecule has 0 aliphatic heterocycles. The van der Waals surface area contributed by atoms with Crippen LogP contribution >= 0.6 is 0 Å². The number of H-pyrrole nitrogens is 1. The first-order valence-corrected chi connectivity index (χ1v) is 5.30. The number of amides is 1. The van der Waals surface area contributed by atoms with Crippen molar-refractivity contribution >= 4 is 5.91 Å². The van der Waals surface area contributed by atoms with Crippen LogP contribution in [0.2, 0.25) is 0 Å². The van der Waals surface area contributed by atoms with Crippen molar-refractivity contribution in [2.24, 2.45) is 0 Å². The highest BCUT2D eigenvalue weighted by atomic mass is 16.5. The molecular weight excluding hydrogens is 208 g/mol. The zero-order chi connectivity index (χ0) is 12.0. The first-order valence-electron chi connectivity index (χ1n) is 5.30. The molecule has 0 bridgehead atoms. The summed E-state index contributed by atoms with van der Waals surface area (Å²) in [7, 11) is 1.54. The number of ether oxygens (including phenoxy) is 1. The predicted octanol–water partition coefficient (Wildman–Crippen LogP) is 0.278. The summed E-state index contributed by atoms with van der Waals surface area (Å²) in [5, 5.41) is 9.27. The third kappa shape index (κ3) is 3.03. The van der Waals surface area contributed by atoms with Gasteiger partial charge in [-0.3, -0.25) is 9.89 Å². The first-order chi connectivity index (χ1) is 7.62. The lowest BCUT2D eigenvalue weighted by atomic mass is 10.0. The molecule has 0 aliphatic rings. The highest BCUT2D eigenvalue weighted by Crippen LogP contribution is 2.13. The molecule has 0 saturated heterocycles. The van der Waals surface area contributed by atoms with Gasteiger partial charge in [0.2, 0.25) is 0 Å². The predicted molar refractivity (Wildman–Crippen MR) is 58.8 cm³/mol. The van der Waals surface area contributed by atoms with Crippen molar-refractivity contribution in [3.05, 3.63) is 12.2 Å². The third-order valence-corrected chi connectivity index (χ3v) is 2.72. The quantitative estimate of drug-likeness (QED) is 0.730. The number of carbonyl (C=O) groups is 1. The second-order valence-electron chi connectivity index (χ2n) is 3.73. The Hall–Kier alpha value is -1.43. The van der Waals surface area contributed by atoms with Gasteiger partial charge in [-0.25, -0.2) is 4.98 Å². The average Bonchev–Trinajstić information content (AvgIpc) is 2.80. The van der Waals surface area contributed by atoms with Crippen LogP contribution in [-0.4, -0.2) is 40.3 Å². The molecular formula is C10H18N4O2. The smallest absolute Gasteiger partial charge is 0.251 e. The lowest BCUT2D eigenvalue weighted by Gasteiger charge is -2.25. The Morgan fingerprint density at radius 2 is 2.44 bits per heavy atom. The topological polar surface area (TPSA) is 79.9 Å². The van der Waals surface area contributed by atoms with E-state index >= 15 is 0 Å². The molecule has 0 aromatic carbocycles. The lowest BCUT2D eigenvalue weighted by molar-refractivity contribution is -0.141. The summed E-state index contributed by atoms with van der Waals surface area (Å²) in [5.41, 5.74) is -0.749. The summed E-state index contributed by atoms with van der Waals surface area (Å²) in [6.07, 6.45) is 2.72. The van der Waals surface area contributed by atoms with Crippen LogP contribution in [0.25, 0.3) is 0 Å². The second-order valence-corrected chi connectivity index (χ2v) is 3.73. The fraction of sp³-hybridized carbons (Fsp3) is 0.700. The first kappa shape index (κ1) is 12.6. The standard InChI is InChI=1S/C10H18N4O2/c1-4-10(2,16-3)9(15)11-6-5-8-12-7-13-14-8/h7H,4-6H2,1-3H3,(H,11,15)(H,12,13,14). The average molecular weight is 226 g/mol. The zero-order valence-electron chi connectivity index (χ0n) is 9.91. The van der Waals surface area contributed by atoms with Gasteiger partial charge in [0, 0.05) is 20.1 Å². The molecule has 1 unspecified atom stereocenters. The summed E-state index contributed by atoms with van der Waals surface area (Å²) < 4.78 is 5.19. The maximum absolute atomic E-state index is 11.8. The van der Waals surface area contributed by atoms with Gasteiger partial charge in [-0.05, 0) is 13.3 Å². The minimum Gasteiger partial charge on any atom is -0.369 e. The van der Waals surface area contributed by atoms with E-state index in [1.807, 2.05) is 6.92 Å². The van der Waals surface area contributed by atoms with Gasteiger partial charge < -0.3 is 10.1 Å². The van der Waals surface area contributed by atoms with Crippen molar-refractivity contribution in [3.63, 3.8) is 0 Å². The summed E-state index contributed by atoms with van der Waals surface area (Å²) in [5.74, 6) is 0.660. The Morgan fingerprint density at radius 3 is 2.94 bits per heavy atom. The van der Waals surface area contributed by atoms with Gasteiger partial charge in [-0.2, -0.15) is 5.10 Å². The zero-order valence-corrected chi connectivity index (χ0v) is 9.91. The van der Waals surface area contributed by atoms with Crippen LogP contribution in [0.4, 0.5) is 0 Å². The Balaban J connectivity index is 2.35. The molecule has 1 amide bonds. The molecule has 1 aromatic heterocycles. The van der Waals surface area contributed by atoms with Gasteiger partial charge in [0.05, 0.1) is 0 Å². The molecule has 0 radical (unpaired) electrons. The maximum atomic E-state index is 11.8. The fourth-order valence-electron chi connectivity index (χ4n) is 1.23. The molecule has 1 rings (SSSR count). The van der Waals surface area contributed by atoms with Gasteiger partial charge in [0.25, 0.3) is 5.91 Å². The number of aromatic amines is 1. The van der Waals surface area contributed by atoms with E-state index in [1.165, 1.54) is 6.33 Å². The third-order valence-electron chi connectivity index (χ3n) is 2.72. The molecule has 90 valence electrons. The fourth-order valence-corrected chi connectivity index (χ4v) is 1.23. The SMILES string of the molecule is CCC(C)(OC)C(=O)NCCc1ncn[nH]1. The summed E-state index contributed by atoms with van der Waals surface area (Å²) in [6, 6.07) is 0. The highest BCUT2D eigenvalue weighted by Gasteiger charge is 2.30. The highest BCUT2D eigenvalue weighted by molar-refractivity contribution is 5.84. The molecule has 0 saturated carbocycles. The maximum Gasteiger partial charge on any atom is 0.251 e. The van der Waals surface area contributed by atoms with Gasteiger partial charge >= 0.3 is 0 Å². The van der Waals surface area contributed by atoms with Gasteiger partial charge in [0.1, 0.15) is 17.8 Å². The van der Waals surface area contributed by atoms with E-state index in [0.29, 0.717) is 19.4 Å². The number of nitrogens with zero attached hydrogens (tertiary/aromatic N) is 2. The van der Waals surface area contributed by atoms with Crippen molar-refractivity contribution in [3.8, 4) is 0 Å². The number of methoxy groups -OCH3 is 1. The van der Waals surface area contributed by atoms with E-state index in [9.17, 15) is 4.79 Å². The number of hydrogen-bond acceptors (Lipinski definition) is 4. The Bertz CT molecular complexity index is 320. The van der Waals surface area contributed by atoms with Crippen molar-refractivity contribution in [2.75, 3.05) is 13.7 Å². The van der Waals surface area contributed by atoms with Crippen LogP contribution in [0.3, 0.4) is 0 Å². The summed E-state index contributed by atoms with van der Waals surface area (Å²) in [4.78, 5) is 15.7. The molecule has 6 nitrogen and oxygen atoms in total. The normalized spacial score (nSPS) is 14.4. The minimum atomic E-state index is -0.749. The van der Waals surface area contributed by atoms with E-state index in [-0.39, 0.29) is 5.91 Å². The van der Waals surface area contributed by atoms with E-state index in [0.717, 1.165) is 5.82 Å². The lowest BCUT2D eigenvalue weighted by Crippen LogP contribution is -2.46. The van der Waals surface area contributed by atoms with Gasteiger partial charge in [-0.1, -0.05) is 6.92 Å². The molecule has 1 heterocycles. The monoisotopic (exact) mass is 226 g/mol. The molecule has 0 fully saturated rings. The largest absolute Gasteiger partial charge is 0.369 e. The molecule has 1 aromatic rings. The number of rotatable bonds is 6. The Kier molecular flexibility index (Phi) is 4.42. The van der Waals surface area contributed by atoms with Crippen molar-refractivity contribution in [1.82, 2.24) is 20.5 Å². The van der Waals surface area contributed by atoms with Crippen LogP contribution in [0.5, 0.6) is 0 Å². The van der Waals surface area contributed by atoms with E-state index in [2.05, 4.69) is 20.5 Å².